The van der Waals surface area contributed by atoms with Crippen molar-refractivity contribution in [2.45, 2.75) is 116 Å². The summed E-state index contributed by atoms with van der Waals surface area (Å²) in [6, 6.07) is 8.97. The topological polar surface area (TPSA) is 195 Å². The molecule has 260 valence electrons. The van der Waals surface area contributed by atoms with E-state index in [1.54, 1.807) is 24.3 Å². The number of hydrogen-bond donors (Lipinski definition) is 0. The smallest absolute Gasteiger partial charge is 0.303 e. The molecule has 3 rings (SSSR count). The highest BCUT2D eigenvalue weighted by Crippen LogP contribution is 2.33. The highest BCUT2D eigenvalue weighted by atomic mass is 16.8. The molecule has 47 heavy (non-hydrogen) atoms. The number of ether oxygens (including phenoxy) is 10. The van der Waals surface area contributed by atoms with Crippen molar-refractivity contribution in [1.82, 2.24) is 0 Å². The number of hydrogen-bond acceptors (Lipinski definition) is 16. The van der Waals surface area contributed by atoms with E-state index < -0.39 is 104 Å². The predicted octanol–water partition coefficient (Wildman–Crippen LogP) is 1.28. The second-order valence-electron chi connectivity index (χ2n) is 10.8. The van der Waals surface area contributed by atoms with E-state index in [0.29, 0.717) is 0 Å². The molecule has 2 aliphatic rings. The summed E-state index contributed by atoms with van der Waals surface area (Å²) < 4.78 is 56.7. The quantitative estimate of drug-likeness (QED) is 0.228. The van der Waals surface area contributed by atoms with Crippen LogP contribution in [0.4, 0.5) is 0 Å². The van der Waals surface area contributed by atoms with Gasteiger partial charge in [-0.2, -0.15) is 0 Å². The lowest BCUT2D eigenvalue weighted by Gasteiger charge is -2.46. The van der Waals surface area contributed by atoms with Gasteiger partial charge in [0.1, 0.15) is 6.10 Å². The average molecular weight is 669 g/mol. The molecule has 0 aromatic heterocycles. The fourth-order valence-corrected chi connectivity index (χ4v) is 5.17. The molecule has 2 aliphatic heterocycles. The van der Waals surface area contributed by atoms with E-state index in [9.17, 15) is 28.8 Å². The van der Waals surface area contributed by atoms with Crippen molar-refractivity contribution in [3.63, 3.8) is 0 Å². The molecule has 0 amide bonds. The van der Waals surface area contributed by atoms with Gasteiger partial charge in [-0.25, -0.2) is 0 Å². The molecule has 0 N–H and O–H groups in total. The van der Waals surface area contributed by atoms with Crippen LogP contribution in [0.3, 0.4) is 0 Å². The summed E-state index contributed by atoms with van der Waals surface area (Å²) in [7, 11) is 0. The molecule has 0 radical (unpaired) electrons. The van der Waals surface area contributed by atoms with Gasteiger partial charge in [0.25, 0.3) is 0 Å². The zero-order valence-electron chi connectivity index (χ0n) is 27.1. The normalized spacial score (nSPS) is 30.3. The van der Waals surface area contributed by atoms with Gasteiger partial charge >= 0.3 is 35.8 Å². The predicted molar refractivity (Wildman–Crippen MR) is 154 cm³/mol. The highest BCUT2D eigenvalue weighted by Gasteiger charge is 2.54. The van der Waals surface area contributed by atoms with Gasteiger partial charge in [0.2, 0.25) is 0 Å². The Balaban J connectivity index is 1.96. The van der Waals surface area contributed by atoms with Gasteiger partial charge in [-0.05, 0) is 12.5 Å². The minimum absolute atomic E-state index is 0.0126. The molecule has 2 fully saturated rings. The Morgan fingerprint density at radius 1 is 0.532 bits per heavy atom. The van der Waals surface area contributed by atoms with Crippen molar-refractivity contribution in [2.75, 3.05) is 6.61 Å². The van der Waals surface area contributed by atoms with Gasteiger partial charge in [0.05, 0.1) is 19.3 Å². The Bertz CT molecular complexity index is 1270. The third-order valence-electron chi connectivity index (χ3n) is 6.81. The van der Waals surface area contributed by atoms with Gasteiger partial charge < -0.3 is 47.4 Å². The van der Waals surface area contributed by atoms with Gasteiger partial charge in [-0.3, -0.25) is 28.8 Å². The van der Waals surface area contributed by atoms with E-state index in [2.05, 4.69) is 0 Å². The van der Waals surface area contributed by atoms with Crippen LogP contribution in [-0.2, 0) is 82.7 Å². The molecule has 0 spiro atoms. The van der Waals surface area contributed by atoms with Crippen LogP contribution in [0.5, 0.6) is 0 Å². The standard InChI is InChI=1S/C31H40O16/c1-15-24(41-16(2)32)26(43-18(4)34)28(45-20(6)36)30(40-15)39-14-23-25(42-17(3)33)27(44-19(5)35)29(46-21(7)37)31(47-23)38-13-22-11-9-8-10-12-22/h8-12,15,23-31H,13-14H2,1-7H3/t15-,23+,24-,25+,26+,27-,28+,29+,30+,31+/m0/s1. The average Bonchev–Trinajstić information content (AvgIpc) is 2.96. The minimum Gasteiger partial charge on any atom is -0.456 e. The molecular formula is C31H40O16. The Morgan fingerprint density at radius 2 is 0.936 bits per heavy atom. The van der Waals surface area contributed by atoms with Crippen LogP contribution in [0.15, 0.2) is 30.3 Å². The molecule has 10 atom stereocenters. The second-order valence-corrected chi connectivity index (χ2v) is 10.8. The maximum absolute atomic E-state index is 12.2. The van der Waals surface area contributed by atoms with Crippen molar-refractivity contribution in [3.8, 4) is 0 Å². The largest absolute Gasteiger partial charge is 0.456 e. The summed E-state index contributed by atoms with van der Waals surface area (Å²) in [5, 5.41) is 0. The Kier molecular flexibility index (Phi) is 13.6. The van der Waals surface area contributed by atoms with Crippen LogP contribution in [0.2, 0.25) is 0 Å². The summed E-state index contributed by atoms with van der Waals surface area (Å²) >= 11 is 0. The van der Waals surface area contributed by atoms with Crippen molar-refractivity contribution in [1.29, 1.82) is 0 Å². The molecule has 2 saturated heterocycles. The van der Waals surface area contributed by atoms with Crippen LogP contribution >= 0.6 is 0 Å². The Morgan fingerprint density at radius 3 is 1.43 bits per heavy atom. The second kappa shape index (κ2) is 17.2. The maximum atomic E-state index is 12.2. The van der Waals surface area contributed by atoms with Gasteiger partial charge in [-0.1, -0.05) is 30.3 Å². The van der Waals surface area contributed by atoms with E-state index in [-0.39, 0.29) is 6.61 Å². The van der Waals surface area contributed by atoms with Crippen molar-refractivity contribution in [3.05, 3.63) is 35.9 Å². The van der Waals surface area contributed by atoms with E-state index >= 15 is 0 Å². The Hall–Kier alpha value is -4.12. The molecule has 0 unspecified atom stereocenters. The first-order chi connectivity index (χ1) is 22.2. The molecule has 1 aromatic rings. The zero-order chi connectivity index (χ0) is 34.8. The van der Waals surface area contributed by atoms with Crippen LogP contribution in [0.1, 0.15) is 54.0 Å². The number of esters is 6. The molecular weight excluding hydrogens is 628 g/mol. The number of benzene rings is 1. The maximum Gasteiger partial charge on any atom is 0.303 e. The first-order valence-electron chi connectivity index (χ1n) is 14.8. The molecule has 0 saturated carbocycles. The lowest BCUT2D eigenvalue weighted by atomic mass is 9.97. The summed E-state index contributed by atoms with van der Waals surface area (Å²) in [4.78, 5) is 72.6. The summed E-state index contributed by atoms with van der Waals surface area (Å²) in [5.74, 6) is -4.59. The summed E-state index contributed by atoms with van der Waals surface area (Å²) in [6.07, 6.45) is -13.1. The molecule has 16 nitrogen and oxygen atoms in total. The molecule has 0 bridgehead atoms. The van der Waals surface area contributed by atoms with Crippen molar-refractivity contribution >= 4 is 35.8 Å². The van der Waals surface area contributed by atoms with Gasteiger partial charge in [-0.15, -0.1) is 0 Å². The summed E-state index contributed by atoms with van der Waals surface area (Å²) in [6.45, 7) is 7.77. The highest BCUT2D eigenvalue weighted by molar-refractivity contribution is 5.69. The van der Waals surface area contributed by atoms with E-state index in [4.69, 9.17) is 47.4 Å². The minimum atomic E-state index is -1.44. The van der Waals surface area contributed by atoms with Gasteiger partial charge in [0, 0.05) is 41.5 Å². The van der Waals surface area contributed by atoms with Crippen molar-refractivity contribution in [2.24, 2.45) is 0 Å². The first kappa shape index (κ1) is 37.3. The van der Waals surface area contributed by atoms with Gasteiger partial charge in [0.15, 0.2) is 49.2 Å². The number of rotatable bonds is 12. The van der Waals surface area contributed by atoms with Crippen LogP contribution in [0, 0.1) is 0 Å². The molecule has 2 heterocycles. The Labute approximate surface area is 271 Å². The summed E-state index contributed by atoms with van der Waals surface area (Å²) in [5.41, 5.74) is 0.740. The lowest BCUT2D eigenvalue weighted by Crippen LogP contribution is -2.64. The molecule has 1 aromatic carbocycles. The van der Waals surface area contributed by atoms with E-state index in [1.165, 1.54) is 6.92 Å². The first-order valence-corrected chi connectivity index (χ1v) is 14.8. The fourth-order valence-electron chi connectivity index (χ4n) is 5.17. The lowest BCUT2D eigenvalue weighted by molar-refractivity contribution is -0.333. The molecule has 0 aliphatic carbocycles. The fraction of sp³-hybridized carbons (Fsp3) is 0.613. The molecule has 16 heteroatoms. The third-order valence-corrected chi connectivity index (χ3v) is 6.81. The van der Waals surface area contributed by atoms with Crippen LogP contribution in [0.25, 0.3) is 0 Å². The third kappa shape index (κ3) is 11.0. The van der Waals surface area contributed by atoms with E-state index in [1.807, 2.05) is 6.07 Å². The number of carbonyl (C=O) groups excluding carboxylic acids is 6. The SMILES string of the molecule is CC(=O)O[C@@H]1[C@@H](OC(C)=O)[C@H](C)O[C@@H](OC[C@H]2O[C@@H](OCc3ccccc3)[C@H](OC(C)=O)[C@@H](OC(C)=O)[C@@H]2OC(C)=O)[C@@H]1OC(C)=O. The van der Waals surface area contributed by atoms with Crippen LogP contribution in [-0.4, -0.2) is 104 Å². The van der Waals surface area contributed by atoms with Crippen molar-refractivity contribution < 1.29 is 76.1 Å². The van der Waals surface area contributed by atoms with Crippen LogP contribution < -0.4 is 0 Å². The zero-order valence-corrected chi connectivity index (χ0v) is 27.1. The number of carbonyl (C=O) groups is 6. The van der Waals surface area contributed by atoms with E-state index in [0.717, 1.165) is 47.1 Å². The monoisotopic (exact) mass is 668 g/mol.